The standard InChI is InChI=1S/C9H13N3O4S3.ClH/c1-2-3-11-7-5-12-19(15,16)9-6(7)4-8(17-9)18(10,13)14;/h4-5,11-12H,2-3H2,1H3,(H2,10,13,14);1H. The SMILES string of the molecule is CCCNC1=CNS(=O)(=O)c2sc(S(N)(=O)=O)cc21.Cl. The molecule has 0 radical (unpaired) electrons. The van der Waals surface area contributed by atoms with Crippen LogP contribution in [0.2, 0.25) is 0 Å². The monoisotopic (exact) mass is 359 g/mol. The molecule has 1 aliphatic rings. The lowest BCUT2D eigenvalue weighted by atomic mass is 10.2. The van der Waals surface area contributed by atoms with Gasteiger partial charge >= 0.3 is 0 Å². The van der Waals surface area contributed by atoms with E-state index < -0.39 is 20.0 Å². The van der Waals surface area contributed by atoms with Crippen molar-refractivity contribution in [2.45, 2.75) is 21.8 Å². The number of sulfonamides is 2. The molecule has 0 fully saturated rings. The highest BCUT2D eigenvalue weighted by Gasteiger charge is 2.30. The Balaban J connectivity index is 0.00000200. The van der Waals surface area contributed by atoms with Crippen molar-refractivity contribution in [1.82, 2.24) is 10.0 Å². The van der Waals surface area contributed by atoms with E-state index in [1.165, 1.54) is 12.3 Å². The Kier molecular flexibility index (Phi) is 5.08. The van der Waals surface area contributed by atoms with Gasteiger partial charge in [0.05, 0.1) is 5.70 Å². The first-order valence-corrected chi connectivity index (χ1v) is 9.23. The number of nitrogens with two attached hydrogens (primary N) is 1. The molecule has 2 rings (SSSR count). The van der Waals surface area contributed by atoms with Crippen molar-refractivity contribution in [2.75, 3.05) is 6.54 Å². The first-order chi connectivity index (χ1) is 8.75. The van der Waals surface area contributed by atoms with Crippen molar-refractivity contribution >= 4 is 49.5 Å². The average Bonchev–Trinajstić information content (AvgIpc) is 2.74. The largest absolute Gasteiger partial charge is 0.383 e. The van der Waals surface area contributed by atoms with Crippen LogP contribution in [0.3, 0.4) is 0 Å². The second kappa shape index (κ2) is 5.90. The molecule has 114 valence electrons. The van der Waals surface area contributed by atoms with Crippen molar-refractivity contribution in [3.8, 4) is 0 Å². The first-order valence-electron chi connectivity index (χ1n) is 5.39. The maximum absolute atomic E-state index is 11.8. The van der Waals surface area contributed by atoms with Crippen LogP contribution in [0, 0.1) is 0 Å². The molecule has 4 N–H and O–H groups in total. The summed E-state index contributed by atoms with van der Waals surface area (Å²) in [5.41, 5.74) is 0.874. The lowest BCUT2D eigenvalue weighted by Gasteiger charge is -2.16. The molecule has 0 aromatic carbocycles. The molecule has 1 aromatic rings. The third-order valence-corrected chi connectivity index (χ3v) is 6.81. The topological polar surface area (TPSA) is 118 Å². The molecule has 2 heterocycles. The Hall–Kier alpha value is -0.810. The van der Waals surface area contributed by atoms with Crippen molar-refractivity contribution in [3.63, 3.8) is 0 Å². The zero-order valence-corrected chi connectivity index (χ0v) is 13.7. The fourth-order valence-electron chi connectivity index (χ4n) is 1.55. The predicted molar refractivity (Wildman–Crippen MR) is 79.5 cm³/mol. The van der Waals surface area contributed by atoms with E-state index >= 15 is 0 Å². The van der Waals surface area contributed by atoms with E-state index in [0.717, 1.165) is 6.42 Å². The van der Waals surface area contributed by atoms with Crippen LogP contribution in [0.5, 0.6) is 0 Å². The smallest absolute Gasteiger partial charge is 0.271 e. The van der Waals surface area contributed by atoms with E-state index in [1.54, 1.807) is 0 Å². The molecule has 0 atom stereocenters. The Morgan fingerprint density at radius 2 is 2.10 bits per heavy atom. The van der Waals surface area contributed by atoms with Crippen LogP contribution in [0.4, 0.5) is 0 Å². The fourth-order valence-corrected chi connectivity index (χ4v) is 5.04. The molecule has 0 spiro atoms. The highest BCUT2D eigenvalue weighted by atomic mass is 35.5. The van der Waals surface area contributed by atoms with E-state index in [-0.39, 0.29) is 20.8 Å². The minimum Gasteiger partial charge on any atom is -0.383 e. The number of primary sulfonamides is 1. The van der Waals surface area contributed by atoms with Gasteiger partial charge in [-0.1, -0.05) is 6.92 Å². The quantitative estimate of drug-likeness (QED) is 0.719. The highest BCUT2D eigenvalue weighted by molar-refractivity contribution is 7.94. The van der Waals surface area contributed by atoms with E-state index in [4.69, 9.17) is 5.14 Å². The Morgan fingerprint density at radius 1 is 1.45 bits per heavy atom. The van der Waals surface area contributed by atoms with Crippen molar-refractivity contribution in [3.05, 3.63) is 17.8 Å². The molecule has 7 nitrogen and oxygen atoms in total. The summed E-state index contributed by atoms with van der Waals surface area (Å²) in [5.74, 6) is 0. The maximum Gasteiger partial charge on any atom is 0.271 e. The third-order valence-electron chi connectivity index (χ3n) is 2.41. The number of thiophene rings is 1. The van der Waals surface area contributed by atoms with Crippen molar-refractivity contribution in [2.24, 2.45) is 5.14 Å². The number of hydrogen-bond acceptors (Lipinski definition) is 6. The minimum atomic E-state index is -3.92. The van der Waals surface area contributed by atoms with Gasteiger partial charge in [0.25, 0.3) is 10.0 Å². The van der Waals surface area contributed by atoms with E-state index in [1.807, 2.05) is 6.92 Å². The van der Waals surface area contributed by atoms with Gasteiger partial charge in [-0.25, -0.2) is 22.0 Å². The van der Waals surface area contributed by atoms with Gasteiger partial charge in [0, 0.05) is 18.3 Å². The number of hydrogen-bond donors (Lipinski definition) is 3. The molecule has 0 saturated heterocycles. The normalized spacial score (nSPS) is 16.4. The van der Waals surface area contributed by atoms with Gasteiger partial charge in [-0.15, -0.1) is 23.7 Å². The molecular weight excluding hydrogens is 346 g/mol. The van der Waals surface area contributed by atoms with Crippen LogP contribution in [0.15, 0.2) is 20.7 Å². The summed E-state index contributed by atoms with van der Waals surface area (Å²) in [4.78, 5) is 0. The first kappa shape index (κ1) is 17.2. The fraction of sp³-hybridized carbons (Fsp3) is 0.333. The molecule has 1 aliphatic heterocycles. The van der Waals surface area contributed by atoms with Gasteiger partial charge in [-0.05, 0) is 12.5 Å². The maximum atomic E-state index is 11.8. The van der Waals surface area contributed by atoms with Crippen molar-refractivity contribution < 1.29 is 16.8 Å². The van der Waals surface area contributed by atoms with Gasteiger partial charge in [0.15, 0.2) is 4.21 Å². The second-order valence-electron chi connectivity index (χ2n) is 3.92. The number of rotatable bonds is 4. The van der Waals surface area contributed by atoms with Crippen LogP contribution < -0.4 is 15.2 Å². The molecule has 0 unspecified atom stereocenters. The molecular formula is C9H14ClN3O4S3. The summed E-state index contributed by atoms with van der Waals surface area (Å²) >= 11 is 0.642. The molecule has 0 aliphatic carbocycles. The third kappa shape index (κ3) is 3.26. The Morgan fingerprint density at radius 3 is 2.65 bits per heavy atom. The van der Waals surface area contributed by atoms with Crippen LogP contribution in [-0.4, -0.2) is 23.4 Å². The summed E-state index contributed by atoms with van der Waals surface area (Å²) in [6.07, 6.45) is 2.17. The Labute approximate surface area is 127 Å². The average molecular weight is 360 g/mol. The zero-order chi connectivity index (χ0) is 14.3. The van der Waals surface area contributed by atoms with E-state index in [2.05, 4.69) is 10.0 Å². The van der Waals surface area contributed by atoms with Crippen LogP contribution in [0.1, 0.15) is 18.9 Å². The highest BCUT2D eigenvalue weighted by Crippen LogP contribution is 2.35. The van der Waals surface area contributed by atoms with Crippen molar-refractivity contribution in [1.29, 1.82) is 0 Å². The number of fused-ring (bicyclic) bond motifs is 1. The summed E-state index contributed by atoms with van der Waals surface area (Å²) in [7, 11) is -7.63. The number of nitrogens with one attached hydrogen (secondary N) is 2. The molecule has 1 aromatic heterocycles. The summed E-state index contributed by atoms with van der Waals surface area (Å²) < 4.78 is 48.3. The number of halogens is 1. The van der Waals surface area contributed by atoms with E-state index in [9.17, 15) is 16.8 Å². The lowest BCUT2D eigenvalue weighted by Crippen LogP contribution is -2.26. The van der Waals surface area contributed by atoms with Gasteiger partial charge in [-0.2, -0.15) is 0 Å². The zero-order valence-electron chi connectivity index (χ0n) is 10.4. The molecule has 20 heavy (non-hydrogen) atoms. The molecule has 0 amide bonds. The Bertz CT molecular complexity index is 736. The van der Waals surface area contributed by atoms with Gasteiger partial charge in [0.2, 0.25) is 10.0 Å². The van der Waals surface area contributed by atoms with Gasteiger partial charge < -0.3 is 5.32 Å². The van der Waals surface area contributed by atoms with Crippen LogP contribution in [0.25, 0.3) is 5.70 Å². The summed E-state index contributed by atoms with van der Waals surface area (Å²) in [5, 5.41) is 8.07. The van der Waals surface area contributed by atoms with Crippen LogP contribution >= 0.6 is 23.7 Å². The lowest BCUT2D eigenvalue weighted by molar-refractivity contribution is 0.591. The predicted octanol–water partition coefficient (Wildman–Crippen LogP) is 0.407. The van der Waals surface area contributed by atoms with Gasteiger partial charge in [-0.3, -0.25) is 4.72 Å². The second-order valence-corrected chi connectivity index (χ2v) is 8.67. The molecule has 0 bridgehead atoms. The molecule has 0 saturated carbocycles. The summed E-state index contributed by atoms with van der Waals surface area (Å²) in [6, 6.07) is 1.28. The van der Waals surface area contributed by atoms with Crippen LogP contribution in [-0.2, 0) is 20.0 Å². The minimum absolute atomic E-state index is 0. The van der Waals surface area contributed by atoms with E-state index in [0.29, 0.717) is 29.1 Å². The van der Waals surface area contributed by atoms with Gasteiger partial charge in [0.1, 0.15) is 4.21 Å². The molecule has 11 heteroatoms. The summed E-state index contributed by atoms with van der Waals surface area (Å²) in [6.45, 7) is 2.61.